The highest BCUT2D eigenvalue weighted by atomic mass is 32.1. The Kier molecular flexibility index (Phi) is 8.82. The first-order valence-corrected chi connectivity index (χ1v) is 23.2. The van der Waals surface area contributed by atoms with Crippen LogP contribution in [0, 0.1) is 0 Å². The fraction of sp³-hybridized carbons (Fsp3) is 0. The van der Waals surface area contributed by atoms with Crippen LogP contribution in [0.3, 0.4) is 0 Å². The molecule has 0 radical (unpaired) electrons. The molecule has 0 spiro atoms. The van der Waals surface area contributed by atoms with Crippen molar-refractivity contribution in [1.82, 2.24) is 0 Å². The molecule has 1 heteroatoms. The Hall–Kier alpha value is -8.10. The van der Waals surface area contributed by atoms with E-state index in [-0.39, 0.29) is 0 Å². The Balaban J connectivity index is 1.04. The molecule has 0 aliphatic heterocycles. The van der Waals surface area contributed by atoms with E-state index in [9.17, 15) is 0 Å². The second kappa shape index (κ2) is 15.3. The largest absolute Gasteiger partial charge is 0.135 e. The highest BCUT2D eigenvalue weighted by molar-refractivity contribution is 7.26. The van der Waals surface area contributed by atoms with Crippen molar-refractivity contribution < 1.29 is 0 Å². The zero-order chi connectivity index (χ0) is 42.8. The minimum atomic E-state index is 1.21. The van der Waals surface area contributed by atoms with Crippen molar-refractivity contribution in [2.45, 2.75) is 0 Å². The number of fused-ring (bicyclic) bond motifs is 7. The standard InChI is InChI=1S/C64H40S/c1-4-19-41(20-5-1)45-37-46(42-21-6-2-7-22-42)39-47(38-45)62-52-29-14-16-31-54(52)63(55-32-17-15-30-53(55)62)57-34-18-33-56-58-40-44(35-36-59(58)65-64(56)57)61-50-27-12-10-25-48(50)60(43-23-8-3-9-24-43)49-26-11-13-28-51(49)61/h1-40H. The summed E-state index contributed by atoms with van der Waals surface area (Å²) in [6.07, 6.45) is 0. The van der Waals surface area contributed by atoms with E-state index in [1.807, 2.05) is 11.3 Å². The first-order valence-electron chi connectivity index (χ1n) is 22.4. The lowest BCUT2D eigenvalue weighted by Gasteiger charge is -2.19. The fourth-order valence-corrected chi connectivity index (χ4v) is 11.8. The Bertz CT molecular complexity index is 3800. The predicted molar refractivity (Wildman–Crippen MR) is 282 cm³/mol. The van der Waals surface area contributed by atoms with Gasteiger partial charge in [0.05, 0.1) is 0 Å². The Morgan fingerprint density at radius 2 is 0.569 bits per heavy atom. The van der Waals surface area contributed by atoms with Crippen molar-refractivity contribution in [3.05, 3.63) is 243 Å². The zero-order valence-electron chi connectivity index (χ0n) is 35.5. The van der Waals surface area contributed by atoms with Crippen LogP contribution in [0.1, 0.15) is 0 Å². The maximum atomic E-state index is 2.46. The highest BCUT2D eigenvalue weighted by Crippen LogP contribution is 2.50. The van der Waals surface area contributed by atoms with Gasteiger partial charge in [0, 0.05) is 25.7 Å². The van der Waals surface area contributed by atoms with E-state index in [4.69, 9.17) is 0 Å². The van der Waals surface area contributed by atoms with Crippen LogP contribution in [0.4, 0.5) is 0 Å². The van der Waals surface area contributed by atoms with Gasteiger partial charge in [-0.3, -0.25) is 0 Å². The number of thiophene rings is 1. The normalized spacial score (nSPS) is 11.7. The Labute approximate surface area is 382 Å². The third-order valence-corrected chi connectivity index (χ3v) is 14.6. The summed E-state index contributed by atoms with van der Waals surface area (Å²) in [5.74, 6) is 0. The molecule has 1 aromatic heterocycles. The molecule has 13 aromatic rings. The molecule has 1 heterocycles. The van der Waals surface area contributed by atoms with Crippen LogP contribution in [0.25, 0.3) is 130 Å². The van der Waals surface area contributed by atoms with Gasteiger partial charge in [0.25, 0.3) is 0 Å². The molecule has 0 saturated heterocycles. The predicted octanol–water partition coefficient (Wildman–Crippen LogP) is 18.7. The quantitative estimate of drug-likeness (QED) is 0.146. The minimum absolute atomic E-state index is 1.21. The van der Waals surface area contributed by atoms with Crippen LogP contribution in [-0.4, -0.2) is 0 Å². The SMILES string of the molecule is c1ccc(-c2cc(-c3ccccc3)cc(-c3c4ccccc4c(-c4cccc5c4sc4ccc(-c6c7ccccc7c(-c7ccccc7)c7ccccc67)cc45)c4ccccc34)c2)cc1. The molecule has 65 heavy (non-hydrogen) atoms. The molecular weight excluding hydrogens is 801 g/mol. The van der Waals surface area contributed by atoms with Crippen LogP contribution in [0.15, 0.2) is 243 Å². The summed E-state index contributed by atoms with van der Waals surface area (Å²) in [6, 6.07) is 89.7. The molecule has 0 nitrogen and oxygen atoms in total. The molecule has 0 amide bonds. The van der Waals surface area contributed by atoms with E-state index in [0.717, 1.165) is 0 Å². The van der Waals surface area contributed by atoms with Crippen LogP contribution >= 0.6 is 11.3 Å². The monoisotopic (exact) mass is 840 g/mol. The molecule has 0 atom stereocenters. The van der Waals surface area contributed by atoms with Crippen LogP contribution in [-0.2, 0) is 0 Å². The average Bonchev–Trinajstić information content (AvgIpc) is 3.76. The summed E-state index contributed by atoms with van der Waals surface area (Å²) in [6.45, 7) is 0. The van der Waals surface area contributed by atoms with E-state index in [2.05, 4.69) is 243 Å². The fourth-order valence-electron chi connectivity index (χ4n) is 10.6. The molecule has 0 aliphatic carbocycles. The third-order valence-electron chi connectivity index (χ3n) is 13.4. The summed E-state index contributed by atoms with van der Waals surface area (Å²) in [5, 5.41) is 12.7. The Morgan fingerprint density at radius 3 is 1.05 bits per heavy atom. The van der Waals surface area contributed by atoms with Gasteiger partial charge < -0.3 is 0 Å². The second-order valence-electron chi connectivity index (χ2n) is 17.1. The van der Waals surface area contributed by atoms with Gasteiger partial charge in [0.15, 0.2) is 0 Å². The summed E-state index contributed by atoms with van der Waals surface area (Å²) in [4.78, 5) is 0. The lowest BCUT2D eigenvalue weighted by Crippen LogP contribution is -1.92. The molecule has 0 N–H and O–H groups in total. The van der Waals surface area contributed by atoms with Crippen molar-refractivity contribution >= 4 is 74.6 Å². The molecule has 0 fully saturated rings. The summed E-state index contributed by atoms with van der Waals surface area (Å²) < 4.78 is 2.61. The van der Waals surface area contributed by atoms with Gasteiger partial charge in [-0.2, -0.15) is 0 Å². The maximum absolute atomic E-state index is 2.46. The van der Waals surface area contributed by atoms with Gasteiger partial charge in [-0.15, -0.1) is 11.3 Å². The summed E-state index contributed by atoms with van der Waals surface area (Å²) >= 11 is 1.91. The first-order chi connectivity index (χ1) is 32.3. The van der Waals surface area contributed by atoms with E-state index < -0.39 is 0 Å². The van der Waals surface area contributed by atoms with E-state index in [1.165, 1.54) is 130 Å². The van der Waals surface area contributed by atoms with E-state index >= 15 is 0 Å². The summed E-state index contributed by atoms with van der Waals surface area (Å²) in [7, 11) is 0. The number of rotatable bonds is 6. The third kappa shape index (κ3) is 6.12. The van der Waals surface area contributed by atoms with Crippen LogP contribution in [0.5, 0.6) is 0 Å². The number of hydrogen-bond donors (Lipinski definition) is 0. The maximum Gasteiger partial charge on any atom is 0.0434 e. The number of benzene rings is 12. The molecule has 0 bridgehead atoms. The van der Waals surface area contributed by atoms with E-state index in [0.29, 0.717) is 0 Å². The van der Waals surface area contributed by atoms with E-state index in [1.54, 1.807) is 0 Å². The van der Waals surface area contributed by atoms with Crippen molar-refractivity contribution in [2.24, 2.45) is 0 Å². The molecule has 0 unspecified atom stereocenters. The zero-order valence-corrected chi connectivity index (χ0v) is 36.3. The van der Waals surface area contributed by atoms with Gasteiger partial charge in [-0.1, -0.05) is 212 Å². The lowest BCUT2D eigenvalue weighted by molar-refractivity contribution is 1.58. The van der Waals surface area contributed by atoms with Crippen LogP contribution in [0.2, 0.25) is 0 Å². The lowest BCUT2D eigenvalue weighted by atomic mass is 9.84. The summed E-state index contributed by atoms with van der Waals surface area (Å²) in [5.41, 5.74) is 14.9. The molecule has 0 saturated carbocycles. The minimum Gasteiger partial charge on any atom is -0.135 e. The second-order valence-corrected chi connectivity index (χ2v) is 18.1. The molecule has 13 rings (SSSR count). The van der Waals surface area contributed by atoms with Gasteiger partial charge in [0.2, 0.25) is 0 Å². The van der Waals surface area contributed by atoms with Gasteiger partial charge >= 0.3 is 0 Å². The Morgan fingerprint density at radius 1 is 0.200 bits per heavy atom. The smallest absolute Gasteiger partial charge is 0.0434 e. The molecule has 302 valence electrons. The first kappa shape index (κ1) is 37.5. The van der Waals surface area contributed by atoms with Crippen molar-refractivity contribution in [3.63, 3.8) is 0 Å². The van der Waals surface area contributed by atoms with Crippen LogP contribution < -0.4 is 0 Å². The van der Waals surface area contributed by atoms with Gasteiger partial charge in [-0.25, -0.2) is 0 Å². The van der Waals surface area contributed by atoms with Gasteiger partial charge in [0.1, 0.15) is 0 Å². The topological polar surface area (TPSA) is 0 Å². The van der Waals surface area contributed by atoms with Crippen molar-refractivity contribution in [2.75, 3.05) is 0 Å². The molecular formula is C64H40S. The van der Waals surface area contributed by atoms with Gasteiger partial charge in [-0.05, 0) is 135 Å². The molecule has 0 aliphatic rings. The molecule has 12 aromatic carbocycles. The number of hydrogen-bond acceptors (Lipinski definition) is 1. The van der Waals surface area contributed by atoms with Crippen molar-refractivity contribution in [3.8, 4) is 66.8 Å². The average molecular weight is 841 g/mol. The van der Waals surface area contributed by atoms with Crippen molar-refractivity contribution in [1.29, 1.82) is 0 Å². The highest BCUT2D eigenvalue weighted by Gasteiger charge is 2.22.